The molecular weight excluding hydrogens is 326 g/mol. The van der Waals surface area contributed by atoms with Crippen molar-refractivity contribution in [3.8, 4) is 5.75 Å². The summed E-state index contributed by atoms with van der Waals surface area (Å²) in [6, 6.07) is 7.53. The Bertz CT molecular complexity index is 543. The normalized spacial score (nSPS) is 18.6. The van der Waals surface area contributed by atoms with E-state index >= 15 is 0 Å². The van der Waals surface area contributed by atoms with Gasteiger partial charge in [0.1, 0.15) is 12.4 Å². The molecule has 5 nitrogen and oxygen atoms in total. The first kappa shape index (κ1) is 17.5. The molecule has 1 aromatic rings. The maximum absolute atomic E-state index is 12.1. The molecule has 1 aliphatic heterocycles. The first-order valence-electron chi connectivity index (χ1n) is 8.80. The van der Waals surface area contributed by atoms with E-state index in [1.807, 2.05) is 29.2 Å². The summed E-state index contributed by atoms with van der Waals surface area (Å²) in [5.41, 5.74) is 0. The smallest absolute Gasteiger partial charge is 0.236 e. The second-order valence-corrected chi connectivity index (χ2v) is 6.98. The molecule has 1 heterocycles. The molecule has 0 aromatic heterocycles. The summed E-state index contributed by atoms with van der Waals surface area (Å²) in [5, 5.41) is 3.92. The molecule has 6 heteroatoms. The first-order chi connectivity index (χ1) is 11.7. The monoisotopic (exact) mass is 351 g/mol. The van der Waals surface area contributed by atoms with E-state index < -0.39 is 0 Å². The molecular formula is C18H26ClN3O2. The lowest BCUT2D eigenvalue weighted by Gasteiger charge is -2.34. The molecule has 2 aliphatic rings. The van der Waals surface area contributed by atoms with Gasteiger partial charge in [0.05, 0.1) is 11.6 Å². The third-order valence-electron chi connectivity index (χ3n) is 4.63. The van der Waals surface area contributed by atoms with E-state index in [0.717, 1.165) is 50.9 Å². The average Bonchev–Trinajstić information content (AvgIpc) is 3.41. The van der Waals surface area contributed by atoms with Crippen LogP contribution in [0.2, 0.25) is 5.02 Å². The molecule has 0 bridgehead atoms. The molecule has 1 N–H and O–H groups in total. The molecule has 1 saturated heterocycles. The molecule has 2 fully saturated rings. The van der Waals surface area contributed by atoms with E-state index in [4.69, 9.17) is 16.3 Å². The number of carbonyl (C=O) groups excluding carboxylic acids is 1. The van der Waals surface area contributed by atoms with Gasteiger partial charge in [0.2, 0.25) is 5.91 Å². The van der Waals surface area contributed by atoms with Gasteiger partial charge in [-0.3, -0.25) is 9.69 Å². The summed E-state index contributed by atoms with van der Waals surface area (Å²) >= 11 is 6.08. The number of para-hydroxylation sites is 1. The zero-order valence-electron chi connectivity index (χ0n) is 14.0. The maximum atomic E-state index is 12.1. The second kappa shape index (κ2) is 8.70. The molecule has 24 heavy (non-hydrogen) atoms. The Kier molecular flexibility index (Phi) is 6.35. The SMILES string of the molecule is O=C(CNCC1CC1)N1CCN(CCOc2ccccc2Cl)CC1. The number of piperazine rings is 1. The Morgan fingerprint density at radius 3 is 2.67 bits per heavy atom. The van der Waals surface area contributed by atoms with Crippen LogP contribution in [0.5, 0.6) is 5.75 Å². The van der Waals surface area contributed by atoms with Crippen LogP contribution in [-0.2, 0) is 4.79 Å². The number of carbonyl (C=O) groups is 1. The van der Waals surface area contributed by atoms with Gasteiger partial charge >= 0.3 is 0 Å². The zero-order chi connectivity index (χ0) is 16.8. The standard InChI is InChI=1S/C18H26ClN3O2/c19-16-3-1-2-4-17(16)24-12-11-21-7-9-22(10-8-21)18(23)14-20-13-15-5-6-15/h1-4,15,20H,5-14H2. The Hall–Kier alpha value is -1.30. The quantitative estimate of drug-likeness (QED) is 0.776. The van der Waals surface area contributed by atoms with Crippen LogP contribution in [0.4, 0.5) is 0 Å². The van der Waals surface area contributed by atoms with Crippen LogP contribution in [0.1, 0.15) is 12.8 Å². The van der Waals surface area contributed by atoms with Crippen molar-refractivity contribution in [2.75, 3.05) is 52.4 Å². The minimum absolute atomic E-state index is 0.225. The van der Waals surface area contributed by atoms with Crippen molar-refractivity contribution >= 4 is 17.5 Å². The first-order valence-corrected chi connectivity index (χ1v) is 9.18. The van der Waals surface area contributed by atoms with Crippen molar-refractivity contribution < 1.29 is 9.53 Å². The fourth-order valence-corrected chi connectivity index (χ4v) is 3.07. The number of benzene rings is 1. The molecule has 1 saturated carbocycles. The van der Waals surface area contributed by atoms with Crippen molar-refractivity contribution in [2.24, 2.45) is 5.92 Å². The fraction of sp³-hybridized carbons (Fsp3) is 0.611. The number of hydrogen-bond acceptors (Lipinski definition) is 4. The molecule has 0 radical (unpaired) electrons. The summed E-state index contributed by atoms with van der Waals surface area (Å²) in [6.45, 7) is 6.34. The Balaban J connectivity index is 1.30. The van der Waals surface area contributed by atoms with E-state index in [0.29, 0.717) is 18.2 Å². The molecule has 1 amide bonds. The second-order valence-electron chi connectivity index (χ2n) is 6.58. The van der Waals surface area contributed by atoms with E-state index in [9.17, 15) is 4.79 Å². The number of hydrogen-bond donors (Lipinski definition) is 1. The fourth-order valence-electron chi connectivity index (χ4n) is 2.88. The van der Waals surface area contributed by atoms with Gasteiger partial charge in [-0.15, -0.1) is 0 Å². The summed E-state index contributed by atoms with van der Waals surface area (Å²) in [6.07, 6.45) is 2.63. The van der Waals surface area contributed by atoms with Crippen LogP contribution in [0.3, 0.4) is 0 Å². The summed E-state index contributed by atoms with van der Waals surface area (Å²) in [7, 11) is 0. The van der Waals surface area contributed by atoms with E-state index in [1.165, 1.54) is 12.8 Å². The minimum atomic E-state index is 0.225. The number of amides is 1. The lowest BCUT2D eigenvalue weighted by Crippen LogP contribution is -2.51. The van der Waals surface area contributed by atoms with Crippen molar-refractivity contribution in [2.45, 2.75) is 12.8 Å². The Labute approximate surface area is 148 Å². The van der Waals surface area contributed by atoms with E-state index in [1.54, 1.807) is 0 Å². The number of rotatable bonds is 8. The summed E-state index contributed by atoms with van der Waals surface area (Å²) < 4.78 is 5.73. The average molecular weight is 352 g/mol. The third kappa shape index (κ3) is 5.36. The predicted molar refractivity (Wildman–Crippen MR) is 95.6 cm³/mol. The molecule has 0 unspecified atom stereocenters. The van der Waals surface area contributed by atoms with Crippen LogP contribution in [0.25, 0.3) is 0 Å². The molecule has 3 rings (SSSR count). The zero-order valence-corrected chi connectivity index (χ0v) is 14.8. The highest BCUT2D eigenvalue weighted by molar-refractivity contribution is 6.32. The van der Waals surface area contributed by atoms with Crippen LogP contribution in [0.15, 0.2) is 24.3 Å². The number of nitrogens with one attached hydrogen (secondary N) is 1. The van der Waals surface area contributed by atoms with Crippen molar-refractivity contribution in [1.82, 2.24) is 15.1 Å². The van der Waals surface area contributed by atoms with Crippen molar-refractivity contribution in [1.29, 1.82) is 0 Å². The Morgan fingerprint density at radius 2 is 1.96 bits per heavy atom. The highest BCUT2D eigenvalue weighted by Gasteiger charge is 2.23. The molecule has 1 aromatic carbocycles. The van der Waals surface area contributed by atoms with E-state index in [2.05, 4.69) is 10.2 Å². The van der Waals surface area contributed by atoms with Crippen LogP contribution in [-0.4, -0.2) is 68.1 Å². The largest absolute Gasteiger partial charge is 0.491 e. The van der Waals surface area contributed by atoms with Gasteiger partial charge in [0.25, 0.3) is 0 Å². The van der Waals surface area contributed by atoms with Gasteiger partial charge in [-0.05, 0) is 37.4 Å². The van der Waals surface area contributed by atoms with Gasteiger partial charge in [-0.2, -0.15) is 0 Å². The molecule has 0 atom stereocenters. The molecule has 132 valence electrons. The predicted octanol–water partition coefficient (Wildman–Crippen LogP) is 1.86. The van der Waals surface area contributed by atoms with Gasteiger partial charge in [-0.25, -0.2) is 0 Å². The minimum Gasteiger partial charge on any atom is -0.491 e. The summed E-state index contributed by atoms with van der Waals surface area (Å²) in [5.74, 6) is 1.77. The van der Waals surface area contributed by atoms with E-state index in [-0.39, 0.29) is 5.91 Å². The molecule has 1 aliphatic carbocycles. The van der Waals surface area contributed by atoms with Crippen molar-refractivity contribution in [3.05, 3.63) is 29.3 Å². The lowest BCUT2D eigenvalue weighted by molar-refractivity contribution is -0.132. The number of halogens is 1. The number of ether oxygens (including phenoxy) is 1. The topological polar surface area (TPSA) is 44.8 Å². The highest BCUT2D eigenvalue weighted by Crippen LogP contribution is 2.27. The van der Waals surface area contributed by atoms with Gasteiger partial charge in [0, 0.05) is 32.7 Å². The molecule has 0 spiro atoms. The van der Waals surface area contributed by atoms with Gasteiger partial charge in [-0.1, -0.05) is 23.7 Å². The van der Waals surface area contributed by atoms with Gasteiger partial charge in [0.15, 0.2) is 0 Å². The van der Waals surface area contributed by atoms with Crippen molar-refractivity contribution in [3.63, 3.8) is 0 Å². The highest BCUT2D eigenvalue weighted by atomic mass is 35.5. The lowest BCUT2D eigenvalue weighted by atomic mass is 10.3. The Morgan fingerprint density at radius 1 is 1.21 bits per heavy atom. The third-order valence-corrected chi connectivity index (χ3v) is 4.95. The van der Waals surface area contributed by atoms with Gasteiger partial charge < -0.3 is 15.0 Å². The summed E-state index contributed by atoms with van der Waals surface area (Å²) in [4.78, 5) is 16.4. The van der Waals surface area contributed by atoms with Crippen LogP contribution >= 0.6 is 11.6 Å². The van der Waals surface area contributed by atoms with Crippen LogP contribution < -0.4 is 10.1 Å². The van der Waals surface area contributed by atoms with Crippen LogP contribution in [0, 0.1) is 5.92 Å². The number of nitrogens with zero attached hydrogens (tertiary/aromatic N) is 2. The maximum Gasteiger partial charge on any atom is 0.236 e.